The molecule has 2 atom stereocenters. The fraction of sp³-hybridized carbons (Fsp3) is 0.400. The number of hydrogen-bond donors (Lipinski definition) is 0. The zero-order valence-corrected chi connectivity index (χ0v) is 11.0. The average Bonchev–Trinajstić information content (AvgIpc) is 3.09. The Hall–Kier alpha value is -1.97. The summed E-state index contributed by atoms with van der Waals surface area (Å²) in [5, 5.41) is 0. The van der Waals surface area contributed by atoms with Crippen LogP contribution in [0.5, 0.6) is 0 Å². The highest BCUT2D eigenvalue weighted by Gasteiger charge is 2.58. The van der Waals surface area contributed by atoms with Crippen molar-refractivity contribution in [3.8, 4) is 0 Å². The van der Waals surface area contributed by atoms with E-state index in [1.807, 2.05) is 26.0 Å². The molecule has 98 valence electrons. The second-order valence-corrected chi connectivity index (χ2v) is 5.45. The number of carbonyl (C=O) groups is 3. The lowest BCUT2D eigenvalue weighted by Crippen LogP contribution is -2.37. The first-order valence-corrected chi connectivity index (χ1v) is 6.44. The molecule has 2 amide bonds. The van der Waals surface area contributed by atoms with Crippen molar-refractivity contribution in [2.24, 2.45) is 11.8 Å². The van der Waals surface area contributed by atoms with Crippen molar-refractivity contribution in [1.29, 1.82) is 0 Å². The number of piperidine rings is 1. The SMILES string of the molecule is Cc1ccc(C(=O)CN2C(=O)C3CC3C2=O)c(C)c1. The number of benzene rings is 1. The summed E-state index contributed by atoms with van der Waals surface area (Å²) in [4.78, 5) is 37.0. The van der Waals surface area contributed by atoms with E-state index in [2.05, 4.69) is 0 Å². The number of hydrogen-bond acceptors (Lipinski definition) is 3. The van der Waals surface area contributed by atoms with Crippen molar-refractivity contribution in [1.82, 2.24) is 4.90 Å². The van der Waals surface area contributed by atoms with Gasteiger partial charge in [-0.15, -0.1) is 0 Å². The van der Waals surface area contributed by atoms with Gasteiger partial charge in [-0.2, -0.15) is 0 Å². The standard InChI is InChI=1S/C15H15NO3/c1-8-3-4-10(9(2)5-8)13(17)7-16-14(18)11-6-12(11)15(16)19/h3-5,11-12H,6-7H2,1-2H3. The average molecular weight is 257 g/mol. The number of ketones is 1. The molecule has 1 aliphatic heterocycles. The Balaban J connectivity index is 1.78. The van der Waals surface area contributed by atoms with E-state index in [9.17, 15) is 14.4 Å². The largest absolute Gasteiger partial charge is 0.292 e. The van der Waals surface area contributed by atoms with Crippen LogP contribution in [-0.2, 0) is 9.59 Å². The van der Waals surface area contributed by atoms with Gasteiger partial charge in [0.1, 0.15) is 0 Å². The number of aryl methyl sites for hydroxylation is 2. The summed E-state index contributed by atoms with van der Waals surface area (Å²) >= 11 is 0. The van der Waals surface area contributed by atoms with Crippen LogP contribution in [0.25, 0.3) is 0 Å². The van der Waals surface area contributed by atoms with E-state index in [0.717, 1.165) is 16.0 Å². The van der Waals surface area contributed by atoms with E-state index >= 15 is 0 Å². The van der Waals surface area contributed by atoms with Crippen LogP contribution in [0, 0.1) is 25.7 Å². The third-order valence-electron chi connectivity index (χ3n) is 3.94. The number of likely N-dealkylation sites (tertiary alicyclic amines) is 1. The Labute approximate surface area is 111 Å². The third kappa shape index (κ3) is 1.87. The predicted molar refractivity (Wildman–Crippen MR) is 68.6 cm³/mol. The normalized spacial score (nSPS) is 24.6. The fourth-order valence-corrected chi connectivity index (χ4v) is 2.76. The highest BCUT2D eigenvalue weighted by atomic mass is 16.2. The third-order valence-corrected chi connectivity index (χ3v) is 3.94. The molecule has 0 radical (unpaired) electrons. The molecular formula is C15H15NO3. The van der Waals surface area contributed by atoms with Crippen LogP contribution in [0.4, 0.5) is 0 Å². The van der Waals surface area contributed by atoms with Gasteiger partial charge in [0.15, 0.2) is 5.78 Å². The second-order valence-electron chi connectivity index (χ2n) is 5.45. The van der Waals surface area contributed by atoms with Gasteiger partial charge in [-0.3, -0.25) is 19.3 Å². The first-order chi connectivity index (χ1) is 8.99. The van der Waals surface area contributed by atoms with Gasteiger partial charge >= 0.3 is 0 Å². The van der Waals surface area contributed by atoms with E-state index in [4.69, 9.17) is 0 Å². The van der Waals surface area contributed by atoms with E-state index in [1.54, 1.807) is 6.07 Å². The van der Waals surface area contributed by atoms with Gasteiger partial charge in [0.05, 0.1) is 18.4 Å². The Morgan fingerprint density at radius 3 is 2.42 bits per heavy atom. The van der Waals surface area contributed by atoms with Crippen molar-refractivity contribution in [3.63, 3.8) is 0 Å². The quantitative estimate of drug-likeness (QED) is 0.609. The molecule has 4 heteroatoms. The van der Waals surface area contributed by atoms with Crippen LogP contribution in [0.2, 0.25) is 0 Å². The number of nitrogens with zero attached hydrogens (tertiary/aromatic N) is 1. The van der Waals surface area contributed by atoms with Crippen molar-refractivity contribution >= 4 is 17.6 Å². The molecule has 0 aromatic heterocycles. The molecule has 2 fully saturated rings. The number of rotatable bonds is 3. The zero-order chi connectivity index (χ0) is 13.7. The number of Topliss-reactive ketones (excluding diaryl/α,β-unsaturated/α-hetero) is 1. The van der Waals surface area contributed by atoms with Gasteiger partial charge in [0, 0.05) is 5.56 Å². The minimum Gasteiger partial charge on any atom is -0.292 e. The van der Waals surface area contributed by atoms with E-state index in [0.29, 0.717) is 12.0 Å². The predicted octanol–water partition coefficient (Wildman–Crippen LogP) is 1.49. The number of carbonyl (C=O) groups excluding carboxylic acids is 3. The van der Waals surface area contributed by atoms with Gasteiger partial charge in [-0.05, 0) is 25.8 Å². The molecule has 1 saturated carbocycles. The summed E-state index contributed by atoms with van der Waals surface area (Å²) in [5.74, 6) is -0.791. The monoisotopic (exact) mass is 257 g/mol. The van der Waals surface area contributed by atoms with Gasteiger partial charge < -0.3 is 0 Å². The molecular weight excluding hydrogens is 242 g/mol. The van der Waals surface area contributed by atoms with Gasteiger partial charge in [0.2, 0.25) is 11.8 Å². The van der Waals surface area contributed by atoms with Crippen LogP contribution >= 0.6 is 0 Å². The zero-order valence-electron chi connectivity index (χ0n) is 11.0. The molecule has 1 aromatic carbocycles. The summed E-state index contributed by atoms with van der Waals surface area (Å²) < 4.78 is 0. The van der Waals surface area contributed by atoms with Crippen LogP contribution in [0.3, 0.4) is 0 Å². The molecule has 4 nitrogen and oxygen atoms in total. The van der Waals surface area contributed by atoms with E-state index in [1.165, 1.54) is 0 Å². The molecule has 1 heterocycles. The molecule has 3 rings (SSSR count). The second kappa shape index (κ2) is 4.02. The molecule has 2 aliphatic rings. The molecule has 2 unspecified atom stereocenters. The summed E-state index contributed by atoms with van der Waals surface area (Å²) in [7, 11) is 0. The number of imide groups is 1. The maximum atomic E-state index is 12.2. The molecule has 1 aromatic rings. The van der Waals surface area contributed by atoms with E-state index < -0.39 is 0 Å². The molecule has 19 heavy (non-hydrogen) atoms. The highest BCUT2D eigenvalue weighted by molar-refractivity contribution is 6.12. The number of fused-ring (bicyclic) bond motifs is 1. The Morgan fingerprint density at radius 2 is 1.84 bits per heavy atom. The van der Waals surface area contributed by atoms with Crippen LogP contribution in [-0.4, -0.2) is 29.0 Å². The molecule has 0 N–H and O–H groups in total. The summed E-state index contributed by atoms with van der Waals surface area (Å²) in [6, 6.07) is 5.56. The van der Waals surface area contributed by atoms with Gasteiger partial charge in [-0.25, -0.2) is 0 Å². The van der Waals surface area contributed by atoms with Crippen molar-refractivity contribution < 1.29 is 14.4 Å². The molecule has 1 saturated heterocycles. The maximum Gasteiger partial charge on any atom is 0.233 e. The highest BCUT2D eigenvalue weighted by Crippen LogP contribution is 2.46. The van der Waals surface area contributed by atoms with Crippen LogP contribution < -0.4 is 0 Å². The van der Waals surface area contributed by atoms with Crippen molar-refractivity contribution in [2.45, 2.75) is 20.3 Å². The molecule has 0 spiro atoms. The summed E-state index contributed by atoms with van der Waals surface area (Å²) in [5.41, 5.74) is 2.56. The molecule has 1 aliphatic carbocycles. The van der Waals surface area contributed by atoms with Crippen molar-refractivity contribution in [3.05, 3.63) is 34.9 Å². The lowest BCUT2D eigenvalue weighted by Gasteiger charge is -2.16. The van der Waals surface area contributed by atoms with Crippen LogP contribution in [0.1, 0.15) is 27.9 Å². The minimum absolute atomic E-state index is 0.117. The van der Waals surface area contributed by atoms with Gasteiger partial charge in [0.25, 0.3) is 0 Å². The number of amides is 2. The lowest BCUT2D eigenvalue weighted by atomic mass is 10.0. The van der Waals surface area contributed by atoms with E-state index in [-0.39, 0.29) is 36.0 Å². The fourth-order valence-electron chi connectivity index (χ4n) is 2.76. The maximum absolute atomic E-state index is 12.2. The first kappa shape index (κ1) is 12.1. The topological polar surface area (TPSA) is 54.5 Å². The Kier molecular flexibility index (Phi) is 2.55. The Morgan fingerprint density at radius 1 is 1.21 bits per heavy atom. The summed E-state index contributed by atoms with van der Waals surface area (Å²) in [6.07, 6.45) is 0.673. The molecule has 0 bridgehead atoms. The smallest absolute Gasteiger partial charge is 0.233 e. The summed E-state index contributed by atoms with van der Waals surface area (Å²) in [6.45, 7) is 3.71. The van der Waals surface area contributed by atoms with Crippen LogP contribution in [0.15, 0.2) is 18.2 Å². The lowest BCUT2D eigenvalue weighted by molar-refractivity contribution is -0.140. The minimum atomic E-state index is -0.173. The van der Waals surface area contributed by atoms with Gasteiger partial charge in [-0.1, -0.05) is 23.8 Å². The first-order valence-electron chi connectivity index (χ1n) is 6.44. The van der Waals surface area contributed by atoms with Crippen molar-refractivity contribution in [2.75, 3.05) is 6.54 Å². The Bertz CT molecular complexity index is 585.